The SMILES string of the molecule is O=C(NC1CCCC1)c1ccc2c(c1)CC(=O)N2Cc1ccc(F)cc1. The number of nitrogens with one attached hydrogen (secondary N) is 1. The maximum atomic E-state index is 13.1. The van der Waals surface area contributed by atoms with E-state index in [9.17, 15) is 14.0 Å². The minimum atomic E-state index is -0.292. The highest BCUT2D eigenvalue weighted by molar-refractivity contribution is 6.03. The smallest absolute Gasteiger partial charge is 0.251 e. The summed E-state index contributed by atoms with van der Waals surface area (Å²) in [4.78, 5) is 26.6. The molecule has 1 aliphatic heterocycles. The van der Waals surface area contributed by atoms with Crippen molar-refractivity contribution in [2.24, 2.45) is 0 Å². The average molecular weight is 352 g/mol. The maximum absolute atomic E-state index is 13.1. The Hall–Kier alpha value is -2.69. The Morgan fingerprint density at radius 3 is 2.58 bits per heavy atom. The van der Waals surface area contributed by atoms with E-state index in [1.807, 2.05) is 12.1 Å². The molecule has 0 unspecified atom stereocenters. The molecule has 1 saturated carbocycles. The van der Waals surface area contributed by atoms with Gasteiger partial charge in [0.25, 0.3) is 5.91 Å². The second-order valence-corrected chi connectivity index (χ2v) is 7.08. The summed E-state index contributed by atoms with van der Waals surface area (Å²) in [6, 6.07) is 11.9. The van der Waals surface area contributed by atoms with Gasteiger partial charge in [0, 0.05) is 17.3 Å². The highest BCUT2D eigenvalue weighted by atomic mass is 19.1. The van der Waals surface area contributed by atoms with E-state index in [0.29, 0.717) is 18.5 Å². The Morgan fingerprint density at radius 2 is 1.85 bits per heavy atom. The van der Waals surface area contributed by atoms with Gasteiger partial charge in [-0.25, -0.2) is 4.39 Å². The summed E-state index contributed by atoms with van der Waals surface area (Å²) < 4.78 is 13.1. The van der Waals surface area contributed by atoms with Gasteiger partial charge in [-0.1, -0.05) is 25.0 Å². The third-order valence-electron chi connectivity index (χ3n) is 5.22. The summed E-state index contributed by atoms with van der Waals surface area (Å²) in [7, 11) is 0. The van der Waals surface area contributed by atoms with E-state index in [2.05, 4.69) is 5.32 Å². The second-order valence-electron chi connectivity index (χ2n) is 7.08. The van der Waals surface area contributed by atoms with Gasteiger partial charge in [0.15, 0.2) is 0 Å². The number of hydrogen-bond donors (Lipinski definition) is 1. The molecule has 0 aromatic heterocycles. The number of benzene rings is 2. The molecule has 5 heteroatoms. The fourth-order valence-electron chi connectivity index (χ4n) is 3.81. The molecule has 1 fully saturated rings. The van der Waals surface area contributed by atoms with Gasteiger partial charge in [-0.05, 0) is 54.3 Å². The fourth-order valence-corrected chi connectivity index (χ4v) is 3.81. The molecule has 0 saturated heterocycles. The zero-order valence-corrected chi connectivity index (χ0v) is 14.5. The standard InChI is InChI=1S/C21H21FN2O2/c22-17-8-5-14(6-9-17)13-24-19-10-7-15(11-16(19)12-20(24)25)21(26)23-18-3-1-2-4-18/h5-11,18H,1-4,12-13H2,(H,23,26). The molecule has 2 amide bonds. The van der Waals surface area contributed by atoms with Crippen LogP contribution in [0, 0.1) is 5.82 Å². The van der Waals surface area contributed by atoms with Crippen LogP contribution in [0.2, 0.25) is 0 Å². The first kappa shape index (κ1) is 16.8. The summed E-state index contributed by atoms with van der Waals surface area (Å²) in [6.07, 6.45) is 4.71. The lowest BCUT2D eigenvalue weighted by atomic mass is 10.1. The minimum Gasteiger partial charge on any atom is -0.349 e. The molecule has 2 aromatic rings. The molecule has 134 valence electrons. The molecule has 0 atom stereocenters. The zero-order valence-electron chi connectivity index (χ0n) is 14.5. The Kier molecular flexibility index (Phi) is 4.45. The number of halogens is 1. The molecular weight excluding hydrogens is 331 g/mol. The van der Waals surface area contributed by atoms with E-state index in [-0.39, 0.29) is 23.7 Å². The Labute approximate surface area is 152 Å². The molecule has 2 aromatic carbocycles. The van der Waals surface area contributed by atoms with Gasteiger partial charge in [-0.3, -0.25) is 9.59 Å². The lowest BCUT2D eigenvalue weighted by molar-refractivity contribution is -0.117. The molecule has 0 spiro atoms. The van der Waals surface area contributed by atoms with Gasteiger partial charge >= 0.3 is 0 Å². The predicted octanol–water partition coefficient (Wildman–Crippen LogP) is 3.59. The van der Waals surface area contributed by atoms with E-state index in [4.69, 9.17) is 0 Å². The number of rotatable bonds is 4. The van der Waals surface area contributed by atoms with Gasteiger partial charge in [0.2, 0.25) is 5.91 Å². The molecule has 1 N–H and O–H groups in total. The molecular formula is C21H21FN2O2. The topological polar surface area (TPSA) is 49.4 Å². The van der Waals surface area contributed by atoms with Crippen molar-refractivity contribution in [1.29, 1.82) is 0 Å². The monoisotopic (exact) mass is 352 g/mol. The molecule has 4 nitrogen and oxygen atoms in total. The summed E-state index contributed by atoms with van der Waals surface area (Å²) >= 11 is 0. The van der Waals surface area contributed by atoms with Crippen molar-refractivity contribution in [1.82, 2.24) is 5.32 Å². The van der Waals surface area contributed by atoms with Crippen LogP contribution in [0.25, 0.3) is 0 Å². The zero-order chi connectivity index (χ0) is 18.1. The molecule has 2 aliphatic rings. The highest BCUT2D eigenvalue weighted by Gasteiger charge is 2.28. The fraction of sp³-hybridized carbons (Fsp3) is 0.333. The van der Waals surface area contributed by atoms with Crippen molar-refractivity contribution in [2.75, 3.05) is 4.90 Å². The third kappa shape index (κ3) is 3.34. The first-order valence-electron chi connectivity index (χ1n) is 9.09. The van der Waals surface area contributed by atoms with Gasteiger partial charge in [-0.2, -0.15) is 0 Å². The number of nitrogens with zero attached hydrogens (tertiary/aromatic N) is 1. The van der Waals surface area contributed by atoms with Crippen molar-refractivity contribution in [3.8, 4) is 0 Å². The van der Waals surface area contributed by atoms with Crippen LogP contribution in [-0.2, 0) is 17.8 Å². The number of fused-ring (bicyclic) bond motifs is 1. The molecule has 4 rings (SSSR count). The van der Waals surface area contributed by atoms with Crippen LogP contribution < -0.4 is 10.2 Å². The van der Waals surface area contributed by atoms with E-state index >= 15 is 0 Å². The van der Waals surface area contributed by atoms with Crippen LogP contribution >= 0.6 is 0 Å². The quantitative estimate of drug-likeness (QED) is 0.914. The van der Waals surface area contributed by atoms with Crippen molar-refractivity contribution in [2.45, 2.75) is 44.7 Å². The normalized spacial score (nSPS) is 16.8. The molecule has 0 bridgehead atoms. The van der Waals surface area contributed by atoms with Crippen LogP contribution in [0.5, 0.6) is 0 Å². The highest BCUT2D eigenvalue weighted by Crippen LogP contribution is 2.31. The van der Waals surface area contributed by atoms with Crippen molar-refractivity contribution >= 4 is 17.5 Å². The summed E-state index contributed by atoms with van der Waals surface area (Å²) in [5.41, 5.74) is 3.18. The number of amides is 2. The average Bonchev–Trinajstić information content (AvgIpc) is 3.24. The summed E-state index contributed by atoms with van der Waals surface area (Å²) in [5, 5.41) is 3.08. The van der Waals surface area contributed by atoms with Crippen LogP contribution in [0.15, 0.2) is 42.5 Å². The lowest BCUT2D eigenvalue weighted by Gasteiger charge is -2.18. The summed E-state index contributed by atoms with van der Waals surface area (Å²) in [6.45, 7) is 0.403. The van der Waals surface area contributed by atoms with Crippen molar-refractivity contribution < 1.29 is 14.0 Å². The molecule has 26 heavy (non-hydrogen) atoms. The second kappa shape index (κ2) is 6.90. The largest absolute Gasteiger partial charge is 0.349 e. The van der Waals surface area contributed by atoms with E-state index in [1.54, 1.807) is 23.1 Å². The lowest BCUT2D eigenvalue weighted by Crippen LogP contribution is -2.32. The minimum absolute atomic E-state index is 0.00215. The van der Waals surface area contributed by atoms with E-state index in [0.717, 1.165) is 29.7 Å². The summed E-state index contributed by atoms with van der Waals surface area (Å²) in [5.74, 6) is -0.360. The Morgan fingerprint density at radius 1 is 1.12 bits per heavy atom. The maximum Gasteiger partial charge on any atom is 0.251 e. The van der Waals surface area contributed by atoms with Crippen LogP contribution in [0.3, 0.4) is 0 Å². The molecule has 0 radical (unpaired) electrons. The Bertz CT molecular complexity index is 842. The first-order chi connectivity index (χ1) is 12.6. The van der Waals surface area contributed by atoms with E-state index < -0.39 is 0 Å². The number of carbonyl (C=O) groups excluding carboxylic acids is 2. The first-order valence-corrected chi connectivity index (χ1v) is 9.09. The molecule has 1 heterocycles. The van der Waals surface area contributed by atoms with E-state index in [1.165, 1.54) is 25.0 Å². The van der Waals surface area contributed by atoms with Crippen molar-refractivity contribution in [3.63, 3.8) is 0 Å². The van der Waals surface area contributed by atoms with Crippen LogP contribution in [0.4, 0.5) is 10.1 Å². The molecule has 1 aliphatic carbocycles. The van der Waals surface area contributed by atoms with Crippen LogP contribution in [-0.4, -0.2) is 17.9 Å². The van der Waals surface area contributed by atoms with Gasteiger partial charge in [0.05, 0.1) is 13.0 Å². The third-order valence-corrected chi connectivity index (χ3v) is 5.22. The van der Waals surface area contributed by atoms with Gasteiger partial charge in [-0.15, -0.1) is 0 Å². The van der Waals surface area contributed by atoms with Gasteiger partial charge in [0.1, 0.15) is 5.82 Å². The van der Waals surface area contributed by atoms with Crippen LogP contribution in [0.1, 0.15) is 47.2 Å². The Balaban J connectivity index is 1.51. The predicted molar refractivity (Wildman–Crippen MR) is 97.5 cm³/mol. The number of anilines is 1. The van der Waals surface area contributed by atoms with Crippen molar-refractivity contribution in [3.05, 3.63) is 65.0 Å². The number of hydrogen-bond acceptors (Lipinski definition) is 2. The number of carbonyl (C=O) groups is 2. The van der Waals surface area contributed by atoms with Gasteiger partial charge < -0.3 is 10.2 Å².